The van der Waals surface area contributed by atoms with Crippen LogP contribution in [0.25, 0.3) is 0 Å². The molecule has 2 aromatic rings. The maximum Gasteiger partial charge on any atom is 0.422 e. The highest BCUT2D eigenvalue weighted by Crippen LogP contribution is 2.20. The largest absolute Gasteiger partial charge is 0.467 e. The summed E-state index contributed by atoms with van der Waals surface area (Å²) >= 11 is 0. The topological polar surface area (TPSA) is 101 Å². The molecule has 8 nitrogen and oxygen atoms in total. The lowest BCUT2D eigenvalue weighted by atomic mass is 10.2. The number of nitrogens with zero attached hydrogens (tertiary/aromatic N) is 5. The fourth-order valence-electron chi connectivity index (χ4n) is 1.88. The summed E-state index contributed by atoms with van der Waals surface area (Å²) in [6, 6.07) is 3.49. The van der Waals surface area contributed by atoms with E-state index < -0.39 is 24.9 Å². The molecule has 0 aliphatic rings. The van der Waals surface area contributed by atoms with Crippen LogP contribution in [0.4, 0.5) is 18.0 Å². The van der Waals surface area contributed by atoms with E-state index in [1.54, 1.807) is 13.0 Å². The van der Waals surface area contributed by atoms with E-state index in [0.29, 0.717) is 5.82 Å². The molecule has 0 spiro atoms. The molecule has 0 saturated heterocycles. The van der Waals surface area contributed by atoms with Crippen molar-refractivity contribution in [1.29, 1.82) is 0 Å². The van der Waals surface area contributed by atoms with Gasteiger partial charge in [-0.1, -0.05) is 0 Å². The summed E-state index contributed by atoms with van der Waals surface area (Å²) in [4.78, 5) is 20.5. The van der Waals surface area contributed by atoms with Gasteiger partial charge in [0.25, 0.3) is 0 Å². The minimum Gasteiger partial charge on any atom is -0.467 e. The second kappa shape index (κ2) is 7.73. The highest BCUT2D eigenvalue weighted by atomic mass is 19.4. The Morgan fingerprint density at radius 3 is 2.48 bits per heavy atom. The van der Waals surface area contributed by atoms with Gasteiger partial charge in [-0.15, -0.1) is 5.10 Å². The standard InChI is InChI=1S/C14H14F3N5O3/c1-9(12-18-5-2-6-19-12)22(13(23)24)7-10-3-4-11(21-20-10)25-8-14(15,16)17/h2-6,9H,7-8H2,1H3,(H,23,24)/t9-/m0/s1. The monoisotopic (exact) mass is 357 g/mol. The van der Waals surface area contributed by atoms with Gasteiger partial charge in [-0.05, 0) is 19.1 Å². The predicted octanol–water partition coefficient (Wildman–Crippen LogP) is 2.45. The third kappa shape index (κ3) is 5.55. The lowest BCUT2D eigenvalue weighted by Crippen LogP contribution is -2.33. The number of aromatic nitrogens is 4. The Kier molecular flexibility index (Phi) is 5.67. The fourth-order valence-corrected chi connectivity index (χ4v) is 1.88. The number of carbonyl (C=O) groups is 1. The molecule has 1 atom stereocenters. The van der Waals surface area contributed by atoms with Crippen LogP contribution in [0.5, 0.6) is 5.88 Å². The van der Waals surface area contributed by atoms with E-state index in [-0.39, 0.29) is 18.1 Å². The first-order chi connectivity index (χ1) is 11.8. The molecule has 2 aromatic heterocycles. The smallest absolute Gasteiger partial charge is 0.422 e. The molecule has 0 aromatic carbocycles. The molecule has 134 valence electrons. The van der Waals surface area contributed by atoms with E-state index in [2.05, 4.69) is 24.9 Å². The normalized spacial score (nSPS) is 12.5. The number of halogens is 3. The van der Waals surface area contributed by atoms with Crippen molar-refractivity contribution < 1.29 is 27.8 Å². The third-order valence-corrected chi connectivity index (χ3v) is 3.08. The fraction of sp³-hybridized carbons (Fsp3) is 0.357. The molecule has 1 N–H and O–H groups in total. The molecule has 0 fully saturated rings. The number of alkyl halides is 3. The van der Waals surface area contributed by atoms with E-state index in [4.69, 9.17) is 0 Å². The summed E-state index contributed by atoms with van der Waals surface area (Å²) in [5.41, 5.74) is 0.240. The van der Waals surface area contributed by atoms with Gasteiger partial charge in [0.1, 0.15) is 0 Å². The number of rotatable bonds is 6. The van der Waals surface area contributed by atoms with Gasteiger partial charge in [0.2, 0.25) is 5.88 Å². The van der Waals surface area contributed by atoms with Gasteiger partial charge in [0.05, 0.1) is 18.3 Å². The number of amides is 1. The first-order valence-corrected chi connectivity index (χ1v) is 7.05. The van der Waals surface area contributed by atoms with E-state index >= 15 is 0 Å². The van der Waals surface area contributed by atoms with Crippen molar-refractivity contribution >= 4 is 6.09 Å². The minimum atomic E-state index is -4.48. The molecule has 0 aliphatic carbocycles. The van der Waals surface area contributed by atoms with Crippen LogP contribution in [0.15, 0.2) is 30.6 Å². The van der Waals surface area contributed by atoms with Crippen molar-refractivity contribution in [3.05, 3.63) is 42.1 Å². The summed E-state index contributed by atoms with van der Waals surface area (Å²) in [7, 11) is 0. The zero-order chi connectivity index (χ0) is 18.4. The summed E-state index contributed by atoms with van der Waals surface area (Å²) in [6.45, 7) is -0.0103. The van der Waals surface area contributed by atoms with Crippen molar-refractivity contribution in [3.8, 4) is 5.88 Å². The molecule has 2 heterocycles. The average Bonchev–Trinajstić information content (AvgIpc) is 2.58. The summed E-state index contributed by atoms with van der Waals surface area (Å²) in [6.07, 6.45) is -2.72. The Morgan fingerprint density at radius 2 is 1.96 bits per heavy atom. The Hall–Kier alpha value is -2.98. The summed E-state index contributed by atoms with van der Waals surface area (Å²) < 4.78 is 40.7. The molecule has 0 aliphatic heterocycles. The highest BCUT2D eigenvalue weighted by molar-refractivity contribution is 5.65. The van der Waals surface area contributed by atoms with Crippen LogP contribution in [0.2, 0.25) is 0 Å². The second-order valence-electron chi connectivity index (χ2n) is 4.96. The van der Waals surface area contributed by atoms with Crippen molar-refractivity contribution in [2.75, 3.05) is 6.61 Å². The highest BCUT2D eigenvalue weighted by Gasteiger charge is 2.29. The van der Waals surface area contributed by atoms with Crippen LogP contribution in [-0.4, -0.2) is 49.0 Å². The Labute approximate surface area is 140 Å². The van der Waals surface area contributed by atoms with Gasteiger partial charge >= 0.3 is 12.3 Å². The number of hydrogen-bond donors (Lipinski definition) is 1. The van der Waals surface area contributed by atoms with Gasteiger partial charge in [0.15, 0.2) is 12.4 Å². The molecule has 0 saturated carbocycles. The average molecular weight is 357 g/mol. The number of hydrogen-bond acceptors (Lipinski definition) is 6. The summed E-state index contributed by atoms with van der Waals surface area (Å²) in [5, 5.41) is 16.6. The quantitative estimate of drug-likeness (QED) is 0.847. The molecule has 0 radical (unpaired) electrons. The SMILES string of the molecule is C[C@@H](c1ncccn1)N(Cc1ccc(OCC(F)(F)F)nn1)C(=O)O. The predicted molar refractivity (Wildman–Crippen MR) is 77.6 cm³/mol. The van der Waals surface area contributed by atoms with Gasteiger partial charge in [-0.25, -0.2) is 14.8 Å². The molecule has 11 heteroatoms. The first kappa shape index (κ1) is 18.4. The molecule has 2 rings (SSSR count). The van der Waals surface area contributed by atoms with Crippen LogP contribution in [0.3, 0.4) is 0 Å². The second-order valence-corrected chi connectivity index (χ2v) is 4.96. The van der Waals surface area contributed by atoms with Crippen molar-refractivity contribution in [3.63, 3.8) is 0 Å². The van der Waals surface area contributed by atoms with Crippen LogP contribution in [-0.2, 0) is 6.54 Å². The maximum absolute atomic E-state index is 12.1. The van der Waals surface area contributed by atoms with E-state index in [0.717, 1.165) is 4.90 Å². The maximum atomic E-state index is 12.1. The Balaban J connectivity index is 2.06. The lowest BCUT2D eigenvalue weighted by molar-refractivity contribution is -0.154. The van der Waals surface area contributed by atoms with Gasteiger partial charge in [-0.2, -0.15) is 18.3 Å². The molecular formula is C14H14F3N5O3. The van der Waals surface area contributed by atoms with Crippen molar-refractivity contribution in [2.24, 2.45) is 0 Å². The van der Waals surface area contributed by atoms with Gasteiger partial charge in [-0.3, -0.25) is 4.90 Å². The minimum absolute atomic E-state index is 0.138. The summed E-state index contributed by atoms with van der Waals surface area (Å²) in [5.74, 6) is 0.00498. The van der Waals surface area contributed by atoms with Crippen molar-refractivity contribution in [1.82, 2.24) is 25.1 Å². The molecular weight excluding hydrogens is 343 g/mol. The van der Waals surface area contributed by atoms with E-state index in [1.165, 1.54) is 24.5 Å². The first-order valence-electron chi connectivity index (χ1n) is 7.05. The number of ether oxygens (including phenoxy) is 1. The zero-order valence-electron chi connectivity index (χ0n) is 13.0. The Morgan fingerprint density at radius 1 is 1.28 bits per heavy atom. The van der Waals surface area contributed by atoms with Gasteiger partial charge < -0.3 is 9.84 Å². The number of carboxylic acid groups (broad SMARTS) is 1. The molecule has 0 bridgehead atoms. The van der Waals surface area contributed by atoms with Crippen LogP contribution in [0, 0.1) is 0 Å². The van der Waals surface area contributed by atoms with Gasteiger partial charge in [0, 0.05) is 18.5 Å². The van der Waals surface area contributed by atoms with E-state index in [9.17, 15) is 23.1 Å². The lowest BCUT2D eigenvalue weighted by Gasteiger charge is -2.24. The van der Waals surface area contributed by atoms with Crippen molar-refractivity contribution in [2.45, 2.75) is 25.7 Å². The molecule has 1 amide bonds. The van der Waals surface area contributed by atoms with E-state index in [1.807, 2.05) is 0 Å². The van der Waals surface area contributed by atoms with Crippen LogP contribution in [0.1, 0.15) is 24.5 Å². The molecule has 25 heavy (non-hydrogen) atoms. The zero-order valence-corrected chi connectivity index (χ0v) is 13.0. The van der Waals surface area contributed by atoms with Crippen LogP contribution < -0.4 is 4.74 Å². The molecule has 0 unspecified atom stereocenters. The Bertz CT molecular complexity index is 697. The van der Waals surface area contributed by atoms with Crippen LogP contribution >= 0.6 is 0 Å². The third-order valence-electron chi connectivity index (χ3n) is 3.08.